The van der Waals surface area contributed by atoms with Gasteiger partial charge in [-0.25, -0.2) is 5.43 Å². The van der Waals surface area contributed by atoms with Crippen LogP contribution < -0.4 is 20.8 Å². The number of pyridine rings is 1. The predicted octanol–water partition coefficient (Wildman–Crippen LogP) is 2.17. The van der Waals surface area contributed by atoms with E-state index < -0.39 is 11.8 Å². The van der Waals surface area contributed by atoms with Crippen LogP contribution in [0, 0.1) is 6.92 Å². The number of carbonyl (C=O) groups is 3. The van der Waals surface area contributed by atoms with E-state index in [1.807, 2.05) is 31.2 Å². The summed E-state index contributed by atoms with van der Waals surface area (Å²) < 4.78 is 5.47. The van der Waals surface area contributed by atoms with Crippen molar-refractivity contribution < 1.29 is 19.1 Å². The molecule has 0 saturated carbocycles. The number of nitrogens with one attached hydrogen (secondary N) is 3. The molecule has 3 N–H and O–H groups in total. The van der Waals surface area contributed by atoms with Gasteiger partial charge in [-0.2, -0.15) is 5.10 Å². The van der Waals surface area contributed by atoms with Crippen molar-refractivity contribution in [3.63, 3.8) is 0 Å². The van der Waals surface area contributed by atoms with Gasteiger partial charge in [-0.3, -0.25) is 19.4 Å². The highest BCUT2D eigenvalue weighted by atomic mass is 16.5. The number of amides is 3. The predicted molar refractivity (Wildman–Crippen MR) is 124 cm³/mol. The van der Waals surface area contributed by atoms with Gasteiger partial charge < -0.3 is 15.4 Å². The van der Waals surface area contributed by atoms with Crippen LogP contribution in [0.5, 0.6) is 5.75 Å². The SMILES string of the molecule is Cc1ccc(NC(=O)COc2ccc(/C=N\NC(=O)C(=O)NCc3ccccn3)cc2)cc1. The van der Waals surface area contributed by atoms with Crippen molar-refractivity contribution in [3.05, 3.63) is 89.7 Å². The highest BCUT2D eigenvalue weighted by Crippen LogP contribution is 2.12. The lowest BCUT2D eigenvalue weighted by molar-refractivity contribution is -0.139. The maximum Gasteiger partial charge on any atom is 0.329 e. The molecule has 0 saturated heterocycles. The third-order valence-corrected chi connectivity index (χ3v) is 4.33. The minimum absolute atomic E-state index is 0.134. The molecule has 1 heterocycles. The van der Waals surface area contributed by atoms with Crippen LogP contribution in [-0.2, 0) is 20.9 Å². The van der Waals surface area contributed by atoms with E-state index in [4.69, 9.17) is 4.74 Å². The minimum Gasteiger partial charge on any atom is -0.484 e. The summed E-state index contributed by atoms with van der Waals surface area (Å²) in [6.07, 6.45) is 2.99. The van der Waals surface area contributed by atoms with E-state index >= 15 is 0 Å². The Balaban J connectivity index is 1.39. The summed E-state index contributed by atoms with van der Waals surface area (Å²) in [5.41, 5.74) is 5.28. The van der Waals surface area contributed by atoms with E-state index in [2.05, 4.69) is 26.1 Å². The van der Waals surface area contributed by atoms with E-state index in [-0.39, 0.29) is 19.1 Å². The fraction of sp³-hybridized carbons (Fsp3) is 0.125. The van der Waals surface area contributed by atoms with Gasteiger partial charge in [0.2, 0.25) is 0 Å². The summed E-state index contributed by atoms with van der Waals surface area (Å²) in [6.45, 7) is 1.98. The third kappa shape index (κ3) is 7.91. The van der Waals surface area contributed by atoms with Crippen molar-refractivity contribution in [2.75, 3.05) is 11.9 Å². The Kier molecular flexibility index (Phi) is 8.24. The quantitative estimate of drug-likeness (QED) is 0.279. The molecule has 0 unspecified atom stereocenters. The molecule has 0 atom stereocenters. The number of hydrogen-bond acceptors (Lipinski definition) is 6. The van der Waals surface area contributed by atoms with E-state index in [1.54, 1.807) is 48.7 Å². The first-order chi connectivity index (χ1) is 16.0. The van der Waals surface area contributed by atoms with Crippen LogP contribution in [0.4, 0.5) is 5.69 Å². The molecule has 0 aliphatic heterocycles. The van der Waals surface area contributed by atoms with Crippen molar-refractivity contribution in [3.8, 4) is 5.75 Å². The number of aromatic nitrogens is 1. The summed E-state index contributed by atoms with van der Waals surface area (Å²) >= 11 is 0. The number of ether oxygens (including phenoxy) is 1. The fourth-order valence-corrected chi connectivity index (χ4v) is 2.60. The number of carbonyl (C=O) groups excluding carboxylic acids is 3. The Morgan fingerprint density at radius 3 is 2.42 bits per heavy atom. The lowest BCUT2D eigenvalue weighted by Gasteiger charge is -2.08. The van der Waals surface area contributed by atoms with Crippen molar-refractivity contribution in [1.29, 1.82) is 0 Å². The Hall–Kier alpha value is -4.53. The molecule has 9 heteroatoms. The Bertz CT molecular complexity index is 1110. The number of rotatable bonds is 8. The topological polar surface area (TPSA) is 122 Å². The zero-order chi connectivity index (χ0) is 23.5. The number of anilines is 1. The lowest BCUT2D eigenvalue weighted by Crippen LogP contribution is -2.37. The number of nitrogens with zero attached hydrogens (tertiary/aromatic N) is 2. The molecular formula is C24H23N5O4. The Morgan fingerprint density at radius 2 is 1.73 bits per heavy atom. The van der Waals surface area contributed by atoms with Crippen molar-refractivity contribution >= 4 is 29.6 Å². The van der Waals surface area contributed by atoms with Crippen molar-refractivity contribution in [2.24, 2.45) is 5.10 Å². The van der Waals surface area contributed by atoms with Gasteiger partial charge in [0.25, 0.3) is 5.91 Å². The van der Waals surface area contributed by atoms with E-state index in [0.29, 0.717) is 22.7 Å². The smallest absolute Gasteiger partial charge is 0.329 e. The molecule has 0 aliphatic rings. The Labute approximate surface area is 190 Å². The summed E-state index contributed by atoms with van der Waals surface area (Å²) in [4.78, 5) is 39.6. The lowest BCUT2D eigenvalue weighted by atomic mass is 10.2. The normalized spacial score (nSPS) is 10.5. The molecule has 0 radical (unpaired) electrons. The van der Waals surface area contributed by atoms with Gasteiger partial charge in [0.1, 0.15) is 5.75 Å². The largest absolute Gasteiger partial charge is 0.484 e. The van der Waals surface area contributed by atoms with Crippen LogP contribution in [0.25, 0.3) is 0 Å². The molecule has 1 aromatic heterocycles. The molecule has 0 fully saturated rings. The van der Waals surface area contributed by atoms with Crippen LogP contribution in [0.1, 0.15) is 16.8 Å². The summed E-state index contributed by atoms with van der Waals surface area (Å²) in [5.74, 6) is -1.47. The second kappa shape index (κ2) is 11.8. The molecule has 0 aliphatic carbocycles. The molecule has 2 aromatic carbocycles. The molecular weight excluding hydrogens is 422 g/mol. The van der Waals surface area contributed by atoms with Gasteiger partial charge in [0, 0.05) is 11.9 Å². The van der Waals surface area contributed by atoms with Crippen LogP contribution in [0.15, 0.2) is 78.0 Å². The second-order valence-corrected chi connectivity index (χ2v) is 6.97. The molecule has 168 valence electrons. The fourth-order valence-electron chi connectivity index (χ4n) is 2.60. The van der Waals surface area contributed by atoms with Crippen molar-refractivity contribution in [1.82, 2.24) is 15.7 Å². The first kappa shape index (κ1) is 23.1. The first-order valence-corrected chi connectivity index (χ1v) is 10.1. The molecule has 3 rings (SSSR count). The molecule has 3 amide bonds. The second-order valence-electron chi connectivity index (χ2n) is 6.97. The van der Waals surface area contributed by atoms with Crippen LogP contribution in [0.3, 0.4) is 0 Å². The molecule has 33 heavy (non-hydrogen) atoms. The number of aryl methyl sites for hydroxylation is 1. The highest BCUT2D eigenvalue weighted by Gasteiger charge is 2.12. The molecule has 3 aromatic rings. The molecule has 0 spiro atoms. The minimum atomic E-state index is -0.887. The average molecular weight is 445 g/mol. The van der Waals surface area contributed by atoms with E-state index in [1.165, 1.54) is 6.21 Å². The van der Waals surface area contributed by atoms with Gasteiger partial charge in [-0.1, -0.05) is 23.8 Å². The standard InChI is InChI=1S/C24H23N5O4/c1-17-5-9-19(10-6-17)28-22(30)16-33-21-11-7-18(8-12-21)14-27-29-24(32)23(31)26-15-20-4-2-3-13-25-20/h2-14H,15-16H2,1H3,(H,26,31)(H,28,30)(H,29,32)/b27-14-. The maximum atomic E-state index is 12.0. The van der Waals surface area contributed by atoms with Crippen LogP contribution >= 0.6 is 0 Å². The van der Waals surface area contributed by atoms with Gasteiger partial charge in [0.15, 0.2) is 6.61 Å². The average Bonchev–Trinajstić information content (AvgIpc) is 2.84. The maximum absolute atomic E-state index is 12.0. The highest BCUT2D eigenvalue weighted by molar-refractivity contribution is 6.35. The summed E-state index contributed by atoms with van der Waals surface area (Å²) in [6, 6.07) is 19.5. The zero-order valence-electron chi connectivity index (χ0n) is 17.9. The first-order valence-electron chi connectivity index (χ1n) is 10.1. The van der Waals surface area contributed by atoms with Crippen molar-refractivity contribution in [2.45, 2.75) is 13.5 Å². The summed E-state index contributed by atoms with van der Waals surface area (Å²) in [7, 11) is 0. The van der Waals surface area contributed by atoms with Gasteiger partial charge >= 0.3 is 11.8 Å². The molecule has 0 bridgehead atoms. The number of benzene rings is 2. The molecule has 9 nitrogen and oxygen atoms in total. The Morgan fingerprint density at radius 1 is 0.970 bits per heavy atom. The van der Waals surface area contributed by atoms with Gasteiger partial charge in [-0.15, -0.1) is 0 Å². The third-order valence-electron chi connectivity index (χ3n) is 4.33. The van der Waals surface area contributed by atoms with Crippen LogP contribution in [-0.4, -0.2) is 35.5 Å². The van der Waals surface area contributed by atoms with Crippen LogP contribution in [0.2, 0.25) is 0 Å². The van der Waals surface area contributed by atoms with Gasteiger partial charge in [0.05, 0.1) is 18.5 Å². The van der Waals surface area contributed by atoms with Gasteiger partial charge in [-0.05, 0) is 61.0 Å². The van der Waals surface area contributed by atoms with E-state index in [0.717, 1.165) is 5.56 Å². The summed E-state index contributed by atoms with van der Waals surface area (Å²) in [5, 5.41) is 8.98. The zero-order valence-corrected chi connectivity index (χ0v) is 17.9. The monoisotopic (exact) mass is 445 g/mol. The van der Waals surface area contributed by atoms with E-state index in [9.17, 15) is 14.4 Å². The number of hydrogen-bond donors (Lipinski definition) is 3. The number of hydrazone groups is 1.